The molecular formula is C17H23NO2. The van der Waals surface area contributed by atoms with Gasteiger partial charge in [-0.2, -0.15) is 0 Å². The van der Waals surface area contributed by atoms with Crippen LogP contribution in [0, 0.1) is 0 Å². The maximum absolute atomic E-state index is 10.4. The summed E-state index contributed by atoms with van der Waals surface area (Å²) in [4.78, 5) is 2.63. The van der Waals surface area contributed by atoms with Crippen LogP contribution < -0.4 is 4.74 Å². The lowest BCUT2D eigenvalue weighted by molar-refractivity contribution is -0.0654. The molecule has 0 aromatic heterocycles. The maximum atomic E-state index is 10.4. The second-order valence-electron chi connectivity index (χ2n) is 6.66. The number of para-hydroxylation sites is 1. The minimum Gasteiger partial charge on any atom is -0.487 e. The summed E-state index contributed by atoms with van der Waals surface area (Å²) >= 11 is 0. The summed E-state index contributed by atoms with van der Waals surface area (Å²) in [6, 6.07) is 8.78. The van der Waals surface area contributed by atoms with Gasteiger partial charge in [-0.05, 0) is 31.7 Å². The van der Waals surface area contributed by atoms with E-state index in [4.69, 9.17) is 4.74 Å². The molecule has 108 valence electrons. The van der Waals surface area contributed by atoms with Crippen molar-refractivity contribution in [2.45, 2.75) is 56.3 Å². The molecule has 3 heteroatoms. The van der Waals surface area contributed by atoms with Gasteiger partial charge in [0.05, 0.1) is 6.10 Å². The third-order valence-electron chi connectivity index (χ3n) is 5.47. The molecule has 20 heavy (non-hydrogen) atoms. The van der Waals surface area contributed by atoms with E-state index in [9.17, 15) is 5.11 Å². The van der Waals surface area contributed by atoms with Crippen LogP contribution in [-0.2, 0) is 0 Å². The highest BCUT2D eigenvalue weighted by Crippen LogP contribution is 2.44. The van der Waals surface area contributed by atoms with Gasteiger partial charge in [0, 0.05) is 31.1 Å². The molecule has 3 nitrogen and oxygen atoms in total. The van der Waals surface area contributed by atoms with Gasteiger partial charge in [0.25, 0.3) is 0 Å². The van der Waals surface area contributed by atoms with Crippen LogP contribution in [-0.4, -0.2) is 34.7 Å². The Hall–Kier alpha value is -1.06. The molecule has 4 rings (SSSR count). The third kappa shape index (κ3) is 2.04. The predicted octanol–water partition coefficient (Wildman–Crippen LogP) is 2.89. The Kier molecular flexibility index (Phi) is 3.00. The summed E-state index contributed by atoms with van der Waals surface area (Å²) in [5, 5.41) is 10.4. The van der Waals surface area contributed by atoms with Crippen LogP contribution in [0.4, 0.5) is 0 Å². The molecule has 2 aliphatic heterocycles. The number of benzene rings is 1. The molecule has 0 bridgehead atoms. The lowest BCUT2D eigenvalue weighted by atomic mass is 9.80. The van der Waals surface area contributed by atoms with Crippen LogP contribution in [0.2, 0.25) is 0 Å². The van der Waals surface area contributed by atoms with E-state index in [-0.39, 0.29) is 11.7 Å². The topological polar surface area (TPSA) is 32.7 Å². The molecule has 1 unspecified atom stereocenters. The van der Waals surface area contributed by atoms with Crippen LogP contribution in [0.1, 0.15) is 50.2 Å². The molecule has 0 amide bonds. The zero-order valence-corrected chi connectivity index (χ0v) is 11.9. The van der Waals surface area contributed by atoms with E-state index in [1.807, 2.05) is 24.3 Å². The summed E-state index contributed by atoms with van der Waals surface area (Å²) in [5.41, 5.74) is 0.827. The molecular weight excluding hydrogens is 250 g/mol. The first-order valence-electron chi connectivity index (χ1n) is 7.96. The van der Waals surface area contributed by atoms with Crippen molar-refractivity contribution in [3.8, 4) is 5.75 Å². The van der Waals surface area contributed by atoms with Crippen molar-refractivity contribution in [1.29, 1.82) is 0 Å². The Morgan fingerprint density at radius 3 is 2.60 bits per heavy atom. The standard InChI is InChI=1S/C17H23NO2/c19-15-12-17(20-16-7-2-1-6-14(15)16)8-10-18(11-9-17)13-4-3-5-13/h1-2,6-7,13,15,19H,3-5,8-12H2. The number of fused-ring (bicyclic) bond motifs is 1. The normalized spacial score (nSPS) is 29.6. The SMILES string of the molecule is OC1CC2(CCN(C3CCC3)CC2)Oc2ccccc21. The molecule has 1 aromatic rings. The van der Waals surface area contributed by atoms with Crippen molar-refractivity contribution < 1.29 is 9.84 Å². The van der Waals surface area contributed by atoms with Crippen LogP contribution in [0.25, 0.3) is 0 Å². The lowest BCUT2D eigenvalue weighted by Gasteiger charge is -2.49. The fraction of sp³-hybridized carbons (Fsp3) is 0.647. The number of rotatable bonds is 1. The van der Waals surface area contributed by atoms with Crippen molar-refractivity contribution in [2.75, 3.05) is 13.1 Å². The van der Waals surface area contributed by atoms with E-state index in [0.29, 0.717) is 0 Å². The van der Waals surface area contributed by atoms with Gasteiger partial charge in [0.2, 0.25) is 0 Å². The summed E-state index contributed by atoms with van der Waals surface area (Å²) in [5.74, 6) is 0.892. The molecule has 1 atom stereocenters. The molecule has 2 fully saturated rings. The number of aliphatic hydroxyl groups is 1. The number of hydrogen-bond acceptors (Lipinski definition) is 3. The highest BCUT2D eigenvalue weighted by Gasteiger charge is 2.44. The first-order valence-corrected chi connectivity index (χ1v) is 7.96. The van der Waals surface area contributed by atoms with Crippen molar-refractivity contribution >= 4 is 0 Å². The van der Waals surface area contributed by atoms with Crippen LogP contribution in [0.15, 0.2) is 24.3 Å². The van der Waals surface area contributed by atoms with Crippen LogP contribution in [0.5, 0.6) is 5.75 Å². The first kappa shape index (κ1) is 12.7. The molecule has 1 saturated heterocycles. The average molecular weight is 273 g/mol. The lowest BCUT2D eigenvalue weighted by Crippen LogP contribution is -2.54. The van der Waals surface area contributed by atoms with Gasteiger partial charge in [0.1, 0.15) is 11.4 Å². The Morgan fingerprint density at radius 1 is 1.15 bits per heavy atom. The number of aliphatic hydroxyl groups excluding tert-OH is 1. The Balaban J connectivity index is 1.50. The van der Waals surface area contributed by atoms with Crippen molar-refractivity contribution in [3.63, 3.8) is 0 Å². The highest BCUT2D eigenvalue weighted by atomic mass is 16.5. The number of likely N-dealkylation sites (tertiary alicyclic amines) is 1. The fourth-order valence-electron chi connectivity index (χ4n) is 3.94. The average Bonchev–Trinajstić information content (AvgIpc) is 2.40. The smallest absolute Gasteiger partial charge is 0.125 e. The van der Waals surface area contributed by atoms with Gasteiger partial charge < -0.3 is 14.7 Å². The van der Waals surface area contributed by atoms with Gasteiger partial charge in [-0.1, -0.05) is 24.6 Å². The number of nitrogens with zero attached hydrogens (tertiary/aromatic N) is 1. The number of hydrogen-bond donors (Lipinski definition) is 1. The van der Waals surface area contributed by atoms with Crippen LogP contribution >= 0.6 is 0 Å². The predicted molar refractivity (Wildman–Crippen MR) is 77.8 cm³/mol. The zero-order chi connectivity index (χ0) is 13.6. The summed E-state index contributed by atoms with van der Waals surface area (Å²) in [6.07, 6.45) is 6.63. The molecule has 0 radical (unpaired) electrons. The maximum Gasteiger partial charge on any atom is 0.125 e. The molecule has 1 N–H and O–H groups in total. The molecule has 3 aliphatic rings. The van der Waals surface area contributed by atoms with Gasteiger partial charge in [-0.15, -0.1) is 0 Å². The quantitative estimate of drug-likeness (QED) is 0.854. The fourth-order valence-corrected chi connectivity index (χ4v) is 3.94. The monoisotopic (exact) mass is 273 g/mol. The van der Waals surface area contributed by atoms with Gasteiger partial charge in [0.15, 0.2) is 0 Å². The van der Waals surface area contributed by atoms with E-state index in [1.165, 1.54) is 19.3 Å². The number of piperidine rings is 1. The van der Waals surface area contributed by atoms with Crippen molar-refractivity contribution in [3.05, 3.63) is 29.8 Å². The van der Waals surface area contributed by atoms with Crippen molar-refractivity contribution in [1.82, 2.24) is 4.90 Å². The van der Waals surface area contributed by atoms with Crippen LogP contribution in [0.3, 0.4) is 0 Å². The van der Waals surface area contributed by atoms with Gasteiger partial charge in [-0.3, -0.25) is 0 Å². The summed E-state index contributed by atoms with van der Waals surface area (Å²) in [6.45, 7) is 2.25. The molecule has 1 spiro atoms. The van der Waals surface area contributed by atoms with E-state index >= 15 is 0 Å². The molecule has 1 aromatic carbocycles. The molecule has 1 saturated carbocycles. The van der Waals surface area contributed by atoms with Gasteiger partial charge in [-0.25, -0.2) is 0 Å². The van der Waals surface area contributed by atoms with E-state index in [0.717, 1.165) is 49.7 Å². The Morgan fingerprint density at radius 2 is 1.90 bits per heavy atom. The van der Waals surface area contributed by atoms with E-state index in [2.05, 4.69) is 4.90 Å². The number of ether oxygens (including phenoxy) is 1. The zero-order valence-electron chi connectivity index (χ0n) is 11.9. The van der Waals surface area contributed by atoms with Crippen molar-refractivity contribution in [2.24, 2.45) is 0 Å². The minimum absolute atomic E-state index is 0.131. The minimum atomic E-state index is -0.366. The Bertz CT molecular complexity index is 490. The first-order chi connectivity index (χ1) is 9.76. The summed E-state index contributed by atoms with van der Waals surface area (Å²) in [7, 11) is 0. The van der Waals surface area contributed by atoms with Gasteiger partial charge >= 0.3 is 0 Å². The molecule has 2 heterocycles. The third-order valence-corrected chi connectivity index (χ3v) is 5.47. The van der Waals surface area contributed by atoms with E-state index < -0.39 is 0 Å². The largest absolute Gasteiger partial charge is 0.487 e. The Labute approximate surface area is 120 Å². The van der Waals surface area contributed by atoms with E-state index in [1.54, 1.807) is 0 Å². The molecule has 1 aliphatic carbocycles. The highest BCUT2D eigenvalue weighted by molar-refractivity contribution is 5.38. The second kappa shape index (κ2) is 4.74. The second-order valence-corrected chi connectivity index (χ2v) is 6.66. The summed E-state index contributed by atoms with van der Waals surface area (Å²) < 4.78 is 6.32.